The molecule has 1 N–H and O–H groups in total. The molecule has 0 aliphatic heterocycles. The van der Waals surface area contributed by atoms with E-state index in [9.17, 15) is 13.2 Å². The highest BCUT2D eigenvalue weighted by molar-refractivity contribution is 7.10. The zero-order chi connectivity index (χ0) is 14.8. The molecule has 104 valence electrons. The van der Waals surface area contributed by atoms with E-state index in [1.54, 1.807) is 17.4 Å². The monoisotopic (exact) mass is 296 g/mol. The average molecular weight is 296 g/mol. The molecule has 2 nitrogen and oxygen atoms in total. The summed E-state index contributed by atoms with van der Waals surface area (Å²) in [7, 11) is 0. The van der Waals surface area contributed by atoms with Gasteiger partial charge in [0.05, 0.1) is 22.9 Å². The lowest BCUT2D eigenvalue weighted by Gasteiger charge is -2.16. The van der Waals surface area contributed by atoms with Crippen LogP contribution in [0.2, 0.25) is 0 Å². The molecule has 0 bridgehead atoms. The highest BCUT2D eigenvalue weighted by atomic mass is 32.1. The predicted octanol–water partition coefficient (Wildman–Crippen LogP) is 4.81. The fourth-order valence-electron chi connectivity index (χ4n) is 1.78. The third-order valence-corrected chi connectivity index (χ3v) is 3.86. The Morgan fingerprint density at radius 1 is 1.30 bits per heavy atom. The molecular weight excluding hydrogens is 285 g/mol. The third kappa shape index (κ3) is 3.11. The van der Waals surface area contributed by atoms with Gasteiger partial charge in [-0.2, -0.15) is 18.4 Å². The summed E-state index contributed by atoms with van der Waals surface area (Å²) < 4.78 is 37.8. The maximum Gasteiger partial charge on any atom is 0.416 e. The van der Waals surface area contributed by atoms with Crippen molar-refractivity contribution >= 4 is 17.0 Å². The van der Waals surface area contributed by atoms with E-state index in [1.165, 1.54) is 6.07 Å². The summed E-state index contributed by atoms with van der Waals surface area (Å²) in [6, 6.07) is 8.70. The molecule has 0 saturated carbocycles. The lowest BCUT2D eigenvalue weighted by molar-refractivity contribution is -0.137. The molecule has 0 aliphatic carbocycles. The van der Waals surface area contributed by atoms with Gasteiger partial charge in [-0.05, 0) is 36.6 Å². The lowest BCUT2D eigenvalue weighted by Crippen LogP contribution is -2.09. The van der Waals surface area contributed by atoms with Crippen molar-refractivity contribution < 1.29 is 13.2 Å². The topological polar surface area (TPSA) is 35.8 Å². The number of benzene rings is 1. The molecule has 1 aromatic heterocycles. The molecule has 2 aromatic rings. The van der Waals surface area contributed by atoms with E-state index < -0.39 is 11.7 Å². The molecule has 0 radical (unpaired) electrons. The van der Waals surface area contributed by atoms with Crippen LogP contribution in [0.3, 0.4) is 0 Å². The zero-order valence-electron chi connectivity index (χ0n) is 10.5. The summed E-state index contributed by atoms with van der Waals surface area (Å²) in [6.45, 7) is 1.89. The van der Waals surface area contributed by atoms with Crippen LogP contribution in [0.4, 0.5) is 18.9 Å². The molecule has 2 rings (SSSR count). The van der Waals surface area contributed by atoms with Crippen LogP contribution < -0.4 is 5.32 Å². The van der Waals surface area contributed by atoms with Gasteiger partial charge in [0, 0.05) is 4.88 Å². The molecule has 0 fully saturated rings. The molecule has 0 amide bonds. The first-order valence-electron chi connectivity index (χ1n) is 5.83. The van der Waals surface area contributed by atoms with Crippen molar-refractivity contribution in [1.29, 1.82) is 5.26 Å². The minimum absolute atomic E-state index is 0.0109. The molecule has 6 heteroatoms. The third-order valence-electron chi connectivity index (χ3n) is 2.81. The van der Waals surface area contributed by atoms with Crippen molar-refractivity contribution in [2.75, 3.05) is 5.32 Å². The van der Waals surface area contributed by atoms with E-state index in [0.29, 0.717) is 5.69 Å². The first kappa shape index (κ1) is 14.4. The number of halogens is 3. The standard InChI is InChI=1S/C14H11F3N2S/c1-9(13-3-2-6-20-13)19-12-5-4-11(14(15,16)17)7-10(12)8-18/h2-7,9,19H,1H3. The number of anilines is 1. The number of rotatable bonds is 3. The highest BCUT2D eigenvalue weighted by Gasteiger charge is 2.31. The maximum absolute atomic E-state index is 12.6. The minimum Gasteiger partial charge on any atom is -0.377 e. The van der Waals surface area contributed by atoms with Gasteiger partial charge in [-0.25, -0.2) is 0 Å². The second-order valence-corrected chi connectivity index (χ2v) is 5.23. The Bertz CT molecular complexity index is 627. The number of thiophene rings is 1. The van der Waals surface area contributed by atoms with Gasteiger partial charge in [0.1, 0.15) is 6.07 Å². The first-order chi connectivity index (χ1) is 9.41. The molecule has 0 spiro atoms. The summed E-state index contributed by atoms with van der Waals surface area (Å²) in [5, 5.41) is 14.0. The summed E-state index contributed by atoms with van der Waals surface area (Å²) in [6.07, 6.45) is -4.44. The van der Waals surface area contributed by atoms with Crippen LogP contribution in [-0.4, -0.2) is 0 Å². The largest absolute Gasteiger partial charge is 0.416 e. The summed E-state index contributed by atoms with van der Waals surface area (Å²) in [5.41, 5.74) is -0.423. The maximum atomic E-state index is 12.6. The van der Waals surface area contributed by atoms with E-state index >= 15 is 0 Å². The second kappa shape index (κ2) is 5.55. The van der Waals surface area contributed by atoms with Gasteiger partial charge < -0.3 is 5.32 Å². The first-order valence-corrected chi connectivity index (χ1v) is 6.71. The van der Waals surface area contributed by atoms with E-state index in [-0.39, 0.29) is 11.6 Å². The van der Waals surface area contributed by atoms with Gasteiger partial charge in [-0.1, -0.05) is 6.07 Å². The van der Waals surface area contributed by atoms with Crippen LogP contribution >= 0.6 is 11.3 Å². The molecule has 20 heavy (non-hydrogen) atoms. The molecule has 1 heterocycles. The Hall–Kier alpha value is -2.00. The van der Waals surface area contributed by atoms with Crippen molar-refractivity contribution in [2.24, 2.45) is 0 Å². The summed E-state index contributed by atoms with van der Waals surface area (Å²) in [5.74, 6) is 0. The quantitative estimate of drug-likeness (QED) is 0.882. The number of alkyl halides is 3. The van der Waals surface area contributed by atoms with Crippen LogP contribution in [0, 0.1) is 11.3 Å². The van der Waals surface area contributed by atoms with Gasteiger partial charge in [0.15, 0.2) is 0 Å². The summed E-state index contributed by atoms with van der Waals surface area (Å²) in [4.78, 5) is 1.05. The van der Waals surface area contributed by atoms with Gasteiger partial charge in [-0.15, -0.1) is 11.3 Å². The normalized spacial score (nSPS) is 12.8. The molecular formula is C14H11F3N2S. The van der Waals surface area contributed by atoms with Crippen LogP contribution in [0.1, 0.15) is 29.0 Å². The molecule has 1 aromatic carbocycles. The molecule has 0 saturated heterocycles. The van der Waals surface area contributed by atoms with Crippen molar-refractivity contribution in [3.63, 3.8) is 0 Å². The second-order valence-electron chi connectivity index (χ2n) is 4.25. The van der Waals surface area contributed by atoms with Crippen molar-refractivity contribution in [3.8, 4) is 6.07 Å². The van der Waals surface area contributed by atoms with E-state index in [4.69, 9.17) is 5.26 Å². The number of nitrogens with zero attached hydrogens (tertiary/aromatic N) is 1. The Morgan fingerprint density at radius 3 is 2.60 bits per heavy atom. The van der Waals surface area contributed by atoms with E-state index in [1.807, 2.05) is 24.4 Å². The zero-order valence-corrected chi connectivity index (χ0v) is 11.3. The predicted molar refractivity (Wildman–Crippen MR) is 72.5 cm³/mol. The Balaban J connectivity index is 2.27. The average Bonchev–Trinajstić information content (AvgIpc) is 2.91. The van der Waals surface area contributed by atoms with Crippen molar-refractivity contribution in [3.05, 3.63) is 51.7 Å². The van der Waals surface area contributed by atoms with Gasteiger partial charge in [0.25, 0.3) is 0 Å². The summed E-state index contributed by atoms with van der Waals surface area (Å²) >= 11 is 1.55. The number of nitriles is 1. The van der Waals surface area contributed by atoms with E-state index in [0.717, 1.165) is 17.0 Å². The van der Waals surface area contributed by atoms with Gasteiger partial charge >= 0.3 is 6.18 Å². The van der Waals surface area contributed by atoms with Crippen LogP contribution in [-0.2, 0) is 6.18 Å². The van der Waals surface area contributed by atoms with Gasteiger partial charge in [-0.3, -0.25) is 0 Å². The lowest BCUT2D eigenvalue weighted by atomic mass is 10.1. The fourth-order valence-corrected chi connectivity index (χ4v) is 2.52. The number of hydrogen-bond donors (Lipinski definition) is 1. The minimum atomic E-state index is -4.44. The fraction of sp³-hybridized carbons (Fsp3) is 0.214. The molecule has 1 atom stereocenters. The van der Waals surface area contributed by atoms with Gasteiger partial charge in [0.2, 0.25) is 0 Å². The van der Waals surface area contributed by atoms with Crippen molar-refractivity contribution in [2.45, 2.75) is 19.1 Å². The number of nitrogens with one attached hydrogen (secondary N) is 1. The highest BCUT2D eigenvalue weighted by Crippen LogP contribution is 2.33. The Labute approximate surface area is 118 Å². The van der Waals surface area contributed by atoms with Crippen LogP contribution in [0.5, 0.6) is 0 Å². The Kier molecular flexibility index (Phi) is 4.00. The SMILES string of the molecule is CC(Nc1ccc(C(F)(F)F)cc1C#N)c1cccs1. The Morgan fingerprint density at radius 2 is 2.05 bits per heavy atom. The van der Waals surface area contributed by atoms with Crippen LogP contribution in [0.15, 0.2) is 35.7 Å². The van der Waals surface area contributed by atoms with E-state index in [2.05, 4.69) is 5.32 Å². The molecule has 0 aliphatic rings. The number of hydrogen-bond acceptors (Lipinski definition) is 3. The molecule has 1 unspecified atom stereocenters. The van der Waals surface area contributed by atoms with Crippen LogP contribution in [0.25, 0.3) is 0 Å². The smallest absolute Gasteiger partial charge is 0.377 e. The van der Waals surface area contributed by atoms with Crippen molar-refractivity contribution in [1.82, 2.24) is 0 Å².